The molecular weight excluding hydrogens is 486 g/mol. The minimum Gasteiger partial charge on any atom is -0.466 e. The van der Waals surface area contributed by atoms with Crippen molar-refractivity contribution in [1.29, 1.82) is 0 Å². The second-order valence-corrected chi connectivity index (χ2v) is 8.98. The smallest absolute Gasteiger partial charge is 0.305 e. The molecule has 0 atom stereocenters. The summed E-state index contributed by atoms with van der Waals surface area (Å²) in [6.45, 7) is 2.31. The van der Waals surface area contributed by atoms with Crippen LogP contribution in [0.1, 0.15) is 47.2 Å². The van der Waals surface area contributed by atoms with Gasteiger partial charge in [-0.05, 0) is 79.9 Å². The van der Waals surface area contributed by atoms with Crippen LogP contribution in [0.25, 0.3) is 0 Å². The van der Waals surface area contributed by atoms with Crippen molar-refractivity contribution in [3.63, 3.8) is 0 Å². The van der Waals surface area contributed by atoms with Gasteiger partial charge in [0.1, 0.15) is 0 Å². The van der Waals surface area contributed by atoms with E-state index in [4.69, 9.17) is 17.0 Å². The Bertz CT molecular complexity index is 1230. The maximum absolute atomic E-state index is 12.6. The van der Waals surface area contributed by atoms with Crippen LogP contribution in [0, 0.1) is 6.92 Å². The van der Waals surface area contributed by atoms with Crippen molar-refractivity contribution in [2.45, 2.75) is 39.0 Å². The summed E-state index contributed by atoms with van der Waals surface area (Å²) >= 11 is 5.22. The Balaban J connectivity index is 1.33. The number of carbonyl (C=O) groups excluding carboxylic acids is 3. The number of carbonyl (C=O) groups is 3. The Hall–Kier alpha value is -4.04. The van der Waals surface area contributed by atoms with E-state index in [0.717, 1.165) is 18.4 Å². The Morgan fingerprint density at radius 3 is 2.30 bits per heavy atom. The first-order chi connectivity index (χ1) is 17.9. The zero-order valence-electron chi connectivity index (χ0n) is 20.8. The maximum atomic E-state index is 12.6. The highest BCUT2D eigenvalue weighted by Crippen LogP contribution is 2.15. The molecule has 3 rings (SSSR count). The van der Waals surface area contributed by atoms with Gasteiger partial charge in [-0.15, -0.1) is 0 Å². The van der Waals surface area contributed by atoms with Crippen LogP contribution < -0.4 is 16.0 Å². The van der Waals surface area contributed by atoms with Crippen molar-refractivity contribution in [2.75, 3.05) is 17.2 Å². The second-order valence-electron chi connectivity index (χ2n) is 8.57. The molecule has 7 nitrogen and oxygen atoms in total. The summed E-state index contributed by atoms with van der Waals surface area (Å²) in [6.07, 6.45) is 2.27. The number of hydrogen-bond donors (Lipinski definition) is 3. The largest absolute Gasteiger partial charge is 0.466 e. The van der Waals surface area contributed by atoms with Gasteiger partial charge in [0.25, 0.3) is 5.91 Å². The number of ether oxygens (including phenoxy) is 1. The number of thiocarbonyl (C=S) groups is 1. The number of anilines is 2. The highest BCUT2D eigenvalue weighted by molar-refractivity contribution is 7.80. The van der Waals surface area contributed by atoms with Gasteiger partial charge in [0.05, 0.1) is 6.61 Å². The number of rotatable bonds is 11. The predicted octanol–water partition coefficient (Wildman–Crippen LogP) is 5.41. The first-order valence-electron chi connectivity index (χ1n) is 12.2. The second kappa shape index (κ2) is 14.5. The molecule has 0 aliphatic carbocycles. The zero-order chi connectivity index (χ0) is 26.5. The monoisotopic (exact) mass is 517 g/mol. The lowest BCUT2D eigenvalue weighted by Gasteiger charge is -2.11. The molecule has 0 spiro atoms. The molecule has 3 aromatic rings. The molecule has 37 heavy (non-hydrogen) atoms. The van der Waals surface area contributed by atoms with E-state index in [-0.39, 0.29) is 35.7 Å². The first kappa shape index (κ1) is 27.5. The van der Waals surface area contributed by atoms with Gasteiger partial charge in [-0.3, -0.25) is 14.4 Å². The van der Waals surface area contributed by atoms with E-state index < -0.39 is 0 Å². The average Bonchev–Trinajstić information content (AvgIpc) is 2.87. The van der Waals surface area contributed by atoms with Gasteiger partial charge >= 0.3 is 5.97 Å². The fraction of sp³-hybridized carbons (Fsp3) is 0.241. The van der Waals surface area contributed by atoms with E-state index in [2.05, 4.69) is 16.0 Å². The molecule has 0 aliphatic rings. The topological polar surface area (TPSA) is 96.5 Å². The molecule has 3 aromatic carbocycles. The maximum Gasteiger partial charge on any atom is 0.305 e. The molecule has 0 unspecified atom stereocenters. The molecule has 0 bridgehead atoms. The molecular formula is C29H31N3O4S. The summed E-state index contributed by atoms with van der Waals surface area (Å²) in [5.41, 5.74) is 3.98. The summed E-state index contributed by atoms with van der Waals surface area (Å²) in [5.74, 6) is -0.874. The summed E-state index contributed by atoms with van der Waals surface area (Å²) in [7, 11) is 0. The van der Waals surface area contributed by atoms with Crippen LogP contribution in [-0.2, 0) is 20.7 Å². The highest BCUT2D eigenvalue weighted by atomic mass is 32.1. The Morgan fingerprint density at radius 2 is 1.54 bits per heavy atom. The number of amides is 2. The minimum atomic E-state index is -0.317. The lowest BCUT2D eigenvalue weighted by molar-refractivity contribution is -0.143. The molecule has 0 radical (unpaired) electrons. The molecule has 0 saturated carbocycles. The number of hydrogen-bond acceptors (Lipinski definition) is 5. The lowest BCUT2D eigenvalue weighted by Crippen LogP contribution is -2.34. The Morgan fingerprint density at radius 1 is 0.811 bits per heavy atom. The van der Waals surface area contributed by atoms with Crippen LogP contribution in [0.2, 0.25) is 0 Å². The number of benzene rings is 3. The standard InChI is InChI=1S/C29H31N3O4S/c1-21-9-5-14-24(19-21)30-28(35)23-13-6-15-25(20-23)31-29(37)32-26(33)16-7-17-27(34)36-18-8-12-22-10-3-2-4-11-22/h2-6,9-11,13-15,19-20H,7-8,12,16-18H2,1H3,(H,30,35)(H2,31,32,33,37). The molecule has 2 amide bonds. The first-order valence-corrected chi connectivity index (χ1v) is 12.6. The van der Waals surface area contributed by atoms with E-state index in [9.17, 15) is 14.4 Å². The van der Waals surface area contributed by atoms with Gasteiger partial charge in [-0.1, -0.05) is 48.5 Å². The molecule has 0 aliphatic heterocycles. The van der Waals surface area contributed by atoms with Gasteiger partial charge < -0.3 is 20.7 Å². The van der Waals surface area contributed by atoms with Crippen molar-refractivity contribution in [3.05, 3.63) is 95.6 Å². The molecule has 8 heteroatoms. The SMILES string of the molecule is Cc1cccc(NC(=O)c2cccc(NC(=S)NC(=O)CCCC(=O)OCCCc3ccccc3)c2)c1. The average molecular weight is 518 g/mol. The van der Waals surface area contributed by atoms with Crippen molar-refractivity contribution in [1.82, 2.24) is 5.32 Å². The van der Waals surface area contributed by atoms with E-state index in [1.54, 1.807) is 24.3 Å². The van der Waals surface area contributed by atoms with Crippen LogP contribution in [0.4, 0.5) is 11.4 Å². The molecule has 3 N–H and O–H groups in total. The Kier molecular flexibility index (Phi) is 10.8. The van der Waals surface area contributed by atoms with Crippen LogP contribution in [-0.4, -0.2) is 29.5 Å². The van der Waals surface area contributed by atoms with Crippen LogP contribution in [0.5, 0.6) is 0 Å². The number of aryl methyl sites for hydroxylation is 2. The number of nitrogens with one attached hydrogen (secondary N) is 3. The van der Waals surface area contributed by atoms with Gasteiger partial charge in [0.2, 0.25) is 5.91 Å². The summed E-state index contributed by atoms with van der Waals surface area (Å²) in [5, 5.41) is 8.49. The fourth-order valence-electron chi connectivity index (χ4n) is 3.59. The minimum absolute atomic E-state index is 0.115. The van der Waals surface area contributed by atoms with Crippen molar-refractivity contribution < 1.29 is 19.1 Å². The van der Waals surface area contributed by atoms with E-state index >= 15 is 0 Å². The van der Waals surface area contributed by atoms with Gasteiger partial charge in [-0.25, -0.2) is 0 Å². The molecule has 0 saturated heterocycles. The third-order valence-electron chi connectivity index (χ3n) is 5.41. The van der Waals surface area contributed by atoms with E-state index in [0.29, 0.717) is 30.0 Å². The molecule has 0 aromatic heterocycles. The van der Waals surface area contributed by atoms with Gasteiger partial charge in [-0.2, -0.15) is 0 Å². The molecule has 0 fully saturated rings. The summed E-state index contributed by atoms with van der Waals surface area (Å²) in [6, 6.07) is 24.4. The molecule has 192 valence electrons. The Labute approximate surface area is 222 Å². The predicted molar refractivity (Wildman–Crippen MR) is 150 cm³/mol. The number of esters is 1. The quantitative estimate of drug-likeness (QED) is 0.179. The van der Waals surface area contributed by atoms with E-state index in [1.807, 2.05) is 61.5 Å². The van der Waals surface area contributed by atoms with E-state index in [1.165, 1.54) is 5.56 Å². The van der Waals surface area contributed by atoms with Gasteiger partial charge in [0.15, 0.2) is 5.11 Å². The van der Waals surface area contributed by atoms with Crippen LogP contribution in [0.15, 0.2) is 78.9 Å². The zero-order valence-corrected chi connectivity index (χ0v) is 21.6. The van der Waals surface area contributed by atoms with Gasteiger partial charge in [0, 0.05) is 29.8 Å². The summed E-state index contributed by atoms with van der Waals surface area (Å²) in [4.78, 5) is 36.7. The summed E-state index contributed by atoms with van der Waals surface area (Å²) < 4.78 is 5.24. The molecule has 0 heterocycles. The van der Waals surface area contributed by atoms with Crippen molar-refractivity contribution >= 4 is 46.5 Å². The lowest BCUT2D eigenvalue weighted by atomic mass is 10.1. The highest BCUT2D eigenvalue weighted by Gasteiger charge is 2.10. The van der Waals surface area contributed by atoms with Crippen molar-refractivity contribution in [2.24, 2.45) is 0 Å². The van der Waals surface area contributed by atoms with Crippen LogP contribution >= 0.6 is 12.2 Å². The third kappa shape index (κ3) is 10.2. The van der Waals surface area contributed by atoms with Crippen molar-refractivity contribution in [3.8, 4) is 0 Å². The fourth-order valence-corrected chi connectivity index (χ4v) is 3.82. The van der Waals surface area contributed by atoms with Crippen LogP contribution in [0.3, 0.4) is 0 Å². The third-order valence-corrected chi connectivity index (χ3v) is 5.62. The normalized spacial score (nSPS) is 10.3.